The first-order valence-corrected chi connectivity index (χ1v) is 5.55. The van der Waals surface area contributed by atoms with Gasteiger partial charge in [-0.15, -0.1) is 0 Å². The van der Waals surface area contributed by atoms with E-state index in [0.717, 1.165) is 38.9 Å². The topological polar surface area (TPSA) is 38.3 Å². The van der Waals surface area contributed by atoms with Crippen molar-refractivity contribution in [2.75, 3.05) is 13.2 Å². The summed E-state index contributed by atoms with van der Waals surface area (Å²) in [5.41, 5.74) is -0.0247. The van der Waals surface area contributed by atoms with E-state index in [2.05, 4.69) is 19.2 Å². The molecule has 0 aromatic heterocycles. The van der Waals surface area contributed by atoms with Crippen LogP contribution in [0, 0.1) is 0 Å². The summed E-state index contributed by atoms with van der Waals surface area (Å²) >= 11 is 0. The van der Waals surface area contributed by atoms with E-state index in [9.17, 15) is 4.79 Å². The Hall–Kier alpha value is -0.570. The minimum absolute atomic E-state index is 0. The van der Waals surface area contributed by atoms with Gasteiger partial charge < -0.3 is 10.1 Å². The lowest BCUT2D eigenvalue weighted by atomic mass is 9.92. The van der Waals surface area contributed by atoms with Gasteiger partial charge in [0.05, 0.1) is 0 Å². The van der Waals surface area contributed by atoms with Gasteiger partial charge in [-0.3, -0.25) is 4.79 Å². The van der Waals surface area contributed by atoms with Crippen LogP contribution in [0.3, 0.4) is 0 Å². The van der Waals surface area contributed by atoms with Crippen molar-refractivity contribution in [2.24, 2.45) is 0 Å². The van der Waals surface area contributed by atoms with Crippen LogP contribution in [0.5, 0.6) is 0 Å². The number of amides is 1. The zero-order chi connectivity index (χ0) is 10.4. The molecule has 1 saturated heterocycles. The molecule has 3 nitrogen and oxygen atoms in total. The van der Waals surface area contributed by atoms with Gasteiger partial charge in [-0.25, -0.2) is 0 Å². The lowest BCUT2D eigenvalue weighted by molar-refractivity contribution is -0.124. The fourth-order valence-electron chi connectivity index (χ4n) is 1.68. The zero-order valence-corrected chi connectivity index (χ0v) is 9.27. The molecule has 1 rings (SSSR count). The van der Waals surface area contributed by atoms with Crippen LogP contribution in [0.1, 0.15) is 47.4 Å². The van der Waals surface area contributed by atoms with Crippen LogP contribution in [-0.4, -0.2) is 24.7 Å². The lowest BCUT2D eigenvalue weighted by Crippen LogP contribution is -2.49. The summed E-state index contributed by atoms with van der Waals surface area (Å²) in [4.78, 5) is 11.5. The molecule has 0 atom stereocenters. The van der Waals surface area contributed by atoms with Crippen LogP contribution < -0.4 is 5.32 Å². The molecule has 0 aliphatic carbocycles. The summed E-state index contributed by atoms with van der Waals surface area (Å²) in [6, 6.07) is 0. The van der Waals surface area contributed by atoms with Crippen molar-refractivity contribution < 1.29 is 11.0 Å². The van der Waals surface area contributed by atoms with E-state index in [1.807, 2.05) is 0 Å². The smallest absolute Gasteiger partial charge is 0.220 e. The molecule has 14 heavy (non-hydrogen) atoms. The van der Waals surface area contributed by atoms with Crippen LogP contribution in [0.15, 0.2) is 0 Å². The molecule has 0 bridgehead atoms. The van der Waals surface area contributed by atoms with Crippen LogP contribution in [0.25, 0.3) is 0 Å². The van der Waals surface area contributed by atoms with Gasteiger partial charge in [0.1, 0.15) is 0 Å². The van der Waals surface area contributed by atoms with Crippen LogP contribution in [-0.2, 0) is 9.53 Å². The third-order valence-electron chi connectivity index (χ3n) is 2.79. The summed E-state index contributed by atoms with van der Waals surface area (Å²) in [6.07, 6.45) is 4.59. The Labute approximate surface area is 87.7 Å². The van der Waals surface area contributed by atoms with Crippen molar-refractivity contribution >= 4 is 5.91 Å². The molecule has 1 N–H and O–H groups in total. The Kier molecular flexibility index (Phi) is 4.39. The van der Waals surface area contributed by atoms with Gasteiger partial charge in [0.25, 0.3) is 0 Å². The molecule has 1 aliphatic heterocycles. The van der Waals surface area contributed by atoms with E-state index in [-0.39, 0.29) is 12.9 Å². The van der Waals surface area contributed by atoms with Gasteiger partial charge in [-0.2, -0.15) is 0 Å². The van der Waals surface area contributed by atoms with Crippen LogP contribution in [0.4, 0.5) is 0 Å². The quantitative estimate of drug-likeness (QED) is 0.756. The molecule has 0 saturated carbocycles. The molecule has 0 aromatic carbocycles. The van der Waals surface area contributed by atoms with E-state index < -0.39 is 0 Å². The molecule has 0 spiro atoms. The summed E-state index contributed by atoms with van der Waals surface area (Å²) < 4.78 is 5.28. The van der Waals surface area contributed by atoms with Gasteiger partial charge in [0.2, 0.25) is 5.91 Å². The number of nitrogens with one attached hydrogen (secondary N) is 1. The lowest BCUT2D eigenvalue weighted by Gasteiger charge is -2.34. The highest BCUT2D eigenvalue weighted by Crippen LogP contribution is 2.19. The number of carbonyl (C=O) groups excluding carboxylic acids is 1. The normalized spacial score (nSPS) is 20.4. The summed E-state index contributed by atoms with van der Waals surface area (Å²) in [5.74, 6) is 0.191. The zero-order valence-electron chi connectivity index (χ0n) is 9.27. The average molecular weight is 201 g/mol. The van der Waals surface area contributed by atoms with Crippen molar-refractivity contribution in [3.8, 4) is 0 Å². The highest BCUT2D eigenvalue weighted by molar-refractivity contribution is 5.76. The molecule has 1 heterocycles. The SMILES string of the molecule is CCCCC(=O)NC1(C)CCOCC1.[HH]. The fourth-order valence-corrected chi connectivity index (χ4v) is 1.68. The predicted molar refractivity (Wildman–Crippen MR) is 58.2 cm³/mol. The first-order chi connectivity index (χ1) is 6.66. The summed E-state index contributed by atoms with van der Waals surface area (Å²) in [7, 11) is 0. The van der Waals surface area contributed by atoms with E-state index in [1.165, 1.54) is 0 Å². The minimum atomic E-state index is -0.0247. The van der Waals surface area contributed by atoms with E-state index in [1.54, 1.807) is 0 Å². The Morgan fingerprint density at radius 3 is 2.71 bits per heavy atom. The molecule has 1 amide bonds. The maximum Gasteiger partial charge on any atom is 0.220 e. The Morgan fingerprint density at radius 2 is 2.14 bits per heavy atom. The van der Waals surface area contributed by atoms with Crippen molar-refractivity contribution in [1.82, 2.24) is 5.32 Å². The van der Waals surface area contributed by atoms with Gasteiger partial charge >= 0.3 is 0 Å². The van der Waals surface area contributed by atoms with Crippen molar-refractivity contribution in [3.63, 3.8) is 0 Å². The Bertz CT molecular complexity index is 191. The molecule has 84 valence electrons. The third kappa shape index (κ3) is 3.66. The molecule has 1 aliphatic rings. The number of rotatable bonds is 4. The molecular formula is C11H23NO2. The van der Waals surface area contributed by atoms with Crippen molar-refractivity contribution in [2.45, 2.75) is 51.5 Å². The van der Waals surface area contributed by atoms with E-state index >= 15 is 0 Å². The van der Waals surface area contributed by atoms with Crippen LogP contribution in [0.2, 0.25) is 0 Å². The first-order valence-electron chi connectivity index (χ1n) is 5.55. The average Bonchev–Trinajstić information content (AvgIpc) is 2.15. The molecular weight excluding hydrogens is 178 g/mol. The highest BCUT2D eigenvalue weighted by Gasteiger charge is 2.28. The fraction of sp³-hybridized carbons (Fsp3) is 0.909. The van der Waals surface area contributed by atoms with Gasteiger partial charge in [-0.05, 0) is 26.2 Å². The number of unbranched alkanes of at least 4 members (excludes halogenated alkanes) is 1. The van der Waals surface area contributed by atoms with Crippen LogP contribution >= 0.6 is 0 Å². The summed E-state index contributed by atoms with van der Waals surface area (Å²) in [5, 5.41) is 3.11. The number of ether oxygens (including phenoxy) is 1. The third-order valence-corrected chi connectivity index (χ3v) is 2.79. The molecule has 0 radical (unpaired) electrons. The Morgan fingerprint density at radius 1 is 1.50 bits per heavy atom. The standard InChI is InChI=1S/C11H21NO2.H2/c1-3-4-5-10(13)12-11(2)6-8-14-9-7-11;/h3-9H2,1-2H3,(H,12,13);1H. The second-order valence-corrected chi connectivity index (χ2v) is 4.32. The largest absolute Gasteiger partial charge is 0.381 e. The molecule has 0 aromatic rings. The number of hydrogen-bond acceptors (Lipinski definition) is 2. The van der Waals surface area contributed by atoms with E-state index in [4.69, 9.17) is 4.74 Å². The Balaban J connectivity index is 0.00000196. The highest BCUT2D eigenvalue weighted by atomic mass is 16.5. The van der Waals surface area contributed by atoms with Gasteiger partial charge in [0.15, 0.2) is 0 Å². The molecule has 0 unspecified atom stereocenters. The summed E-state index contributed by atoms with van der Waals surface area (Å²) in [6.45, 7) is 5.75. The number of hydrogen-bond donors (Lipinski definition) is 1. The maximum atomic E-state index is 11.5. The predicted octanol–water partition coefficient (Wildman–Crippen LogP) is 2.11. The maximum absolute atomic E-state index is 11.5. The first kappa shape index (κ1) is 11.5. The molecule has 3 heteroatoms. The van der Waals surface area contributed by atoms with Gasteiger partial charge in [-0.1, -0.05) is 13.3 Å². The second kappa shape index (κ2) is 5.35. The van der Waals surface area contributed by atoms with Gasteiger partial charge in [0, 0.05) is 26.6 Å². The van der Waals surface area contributed by atoms with Crippen molar-refractivity contribution in [1.29, 1.82) is 0 Å². The minimum Gasteiger partial charge on any atom is -0.381 e. The van der Waals surface area contributed by atoms with Crippen molar-refractivity contribution in [3.05, 3.63) is 0 Å². The monoisotopic (exact) mass is 201 g/mol. The number of carbonyl (C=O) groups is 1. The molecule has 1 fully saturated rings. The second-order valence-electron chi connectivity index (χ2n) is 4.32. The van der Waals surface area contributed by atoms with E-state index in [0.29, 0.717) is 6.42 Å².